The number of hydrogen-bond donors (Lipinski definition) is 1. The summed E-state index contributed by atoms with van der Waals surface area (Å²) in [6, 6.07) is 0. The summed E-state index contributed by atoms with van der Waals surface area (Å²) in [5, 5.41) is 0.400. The second-order valence-electron chi connectivity index (χ2n) is 6.29. The van der Waals surface area contributed by atoms with Crippen molar-refractivity contribution in [2.45, 2.75) is 39.0 Å². The number of likely N-dealkylation sites (tertiary alicyclic amines) is 1. The molecule has 0 saturated carbocycles. The topological polar surface area (TPSA) is 72.6 Å². The van der Waals surface area contributed by atoms with E-state index >= 15 is 0 Å². The molecular formula is C15H22N2O3S. The summed E-state index contributed by atoms with van der Waals surface area (Å²) in [7, 11) is 1.34. The molecule has 1 aliphatic heterocycles. The number of nitrogens with zero attached hydrogens (tertiary/aromatic N) is 1. The molecule has 0 unspecified atom stereocenters. The number of nitrogen functional groups attached to an aromatic ring is 1. The Hall–Kier alpha value is -1.56. The van der Waals surface area contributed by atoms with Gasteiger partial charge in [-0.25, -0.2) is 4.79 Å². The van der Waals surface area contributed by atoms with E-state index in [9.17, 15) is 9.59 Å². The Bertz CT molecular complexity index is 566. The molecular weight excluding hydrogens is 288 g/mol. The third-order valence-electron chi connectivity index (χ3n) is 3.66. The van der Waals surface area contributed by atoms with Gasteiger partial charge < -0.3 is 15.4 Å². The second kappa shape index (κ2) is 5.67. The van der Waals surface area contributed by atoms with Crippen LogP contribution in [0.25, 0.3) is 0 Å². The smallest absolute Gasteiger partial charge is 0.348 e. The summed E-state index contributed by atoms with van der Waals surface area (Å²) in [5.41, 5.74) is 6.89. The van der Waals surface area contributed by atoms with E-state index in [1.54, 1.807) is 0 Å². The summed E-state index contributed by atoms with van der Waals surface area (Å²) in [4.78, 5) is 27.0. The summed E-state index contributed by atoms with van der Waals surface area (Å²) >= 11 is 1.14. The van der Waals surface area contributed by atoms with Crippen LogP contribution in [-0.2, 0) is 10.2 Å². The van der Waals surface area contributed by atoms with Crippen LogP contribution in [0.5, 0.6) is 0 Å². The van der Waals surface area contributed by atoms with Gasteiger partial charge in [0.15, 0.2) is 0 Å². The molecule has 0 spiro atoms. The minimum absolute atomic E-state index is 0.0682. The lowest BCUT2D eigenvalue weighted by molar-refractivity contribution is 0.0603. The number of nitrogens with two attached hydrogens (primary N) is 1. The number of esters is 1. The Balaban J connectivity index is 2.56. The van der Waals surface area contributed by atoms with Gasteiger partial charge in [-0.2, -0.15) is 0 Å². The van der Waals surface area contributed by atoms with Gasteiger partial charge in [-0.1, -0.05) is 20.8 Å². The quantitative estimate of drug-likeness (QED) is 0.852. The summed E-state index contributed by atoms with van der Waals surface area (Å²) < 4.78 is 4.84. The predicted octanol–water partition coefficient (Wildman–Crippen LogP) is 2.65. The lowest BCUT2D eigenvalue weighted by atomic mass is 9.83. The second-order valence-corrected chi connectivity index (χ2v) is 7.34. The van der Waals surface area contributed by atoms with Gasteiger partial charge >= 0.3 is 5.97 Å². The molecule has 116 valence electrons. The fraction of sp³-hybridized carbons (Fsp3) is 0.600. The van der Waals surface area contributed by atoms with Gasteiger partial charge in [0.1, 0.15) is 4.88 Å². The molecule has 1 aliphatic rings. The Kier molecular flexibility index (Phi) is 4.27. The maximum absolute atomic E-state index is 12.8. The first kappa shape index (κ1) is 15.8. The van der Waals surface area contributed by atoms with Crippen LogP contribution >= 0.6 is 11.3 Å². The Morgan fingerprint density at radius 1 is 1.24 bits per heavy atom. The molecule has 1 aromatic rings. The Morgan fingerprint density at radius 3 is 2.29 bits per heavy atom. The van der Waals surface area contributed by atoms with Crippen LogP contribution in [0.3, 0.4) is 0 Å². The third kappa shape index (κ3) is 2.90. The first-order valence-electron chi connectivity index (χ1n) is 7.07. The summed E-state index contributed by atoms with van der Waals surface area (Å²) in [5.74, 6) is -0.501. The van der Waals surface area contributed by atoms with E-state index in [1.165, 1.54) is 7.11 Å². The largest absolute Gasteiger partial charge is 0.465 e. The van der Waals surface area contributed by atoms with Gasteiger partial charge in [-0.3, -0.25) is 4.79 Å². The van der Waals surface area contributed by atoms with Gasteiger partial charge in [0, 0.05) is 13.1 Å². The van der Waals surface area contributed by atoms with Crippen molar-refractivity contribution in [2.24, 2.45) is 0 Å². The van der Waals surface area contributed by atoms with Crippen LogP contribution < -0.4 is 5.73 Å². The molecule has 1 saturated heterocycles. The van der Waals surface area contributed by atoms with Crippen LogP contribution in [0.15, 0.2) is 0 Å². The molecule has 0 radical (unpaired) electrons. The van der Waals surface area contributed by atoms with E-state index < -0.39 is 5.97 Å². The molecule has 0 aliphatic carbocycles. The zero-order chi connectivity index (χ0) is 15.8. The molecule has 1 amide bonds. The molecule has 0 atom stereocenters. The molecule has 2 N–H and O–H groups in total. The predicted molar refractivity (Wildman–Crippen MR) is 83.9 cm³/mol. The average Bonchev–Trinajstić information content (AvgIpc) is 3.03. The van der Waals surface area contributed by atoms with E-state index in [-0.39, 0.29) is 11.3 Å². The van der Waals surface area contributed by atoms with Crippen molar-refractivity contribution in [3.8, 4) is 0 Å². The molecule has 6 heteroatoms. The number of thiophene rings is 1. The summed E-state index contributed by atoms with van der Waals surface area (Å²) in [6.45, 7) is 7.43. The van der Waals surface area contributed by atoms with Crippen LogP contribution in [0.1, 0.15) is 59.2 Å². The van der Waals surface area contributed by atoms with Gasteiger partial charge in [0.25, 0.3) is 5.91 Å². The molecule has 0 aromatic carbocycles. The number of rotatable bonds is 2. The minimum Gasteiger partial charge on any atom is -0.465 e. The van der Waals surface area contributed by atoms with Gasteiger partial charge in [0.05, 0.1) is 17.7 Å². The van der Waals surface area contributed by atoms with Crippen molar-refractivity contribution in [3.63, 3.8) is 0 Å². The lowest BCUT2D eigenvalue weighted by Crippen LogP contribution is -2.30. The highest BCUT2D eigenvalue weighted by Gasteiger charge is 2.35. The first-order chi connectivity index (χ1) is 9.77. The van der Waals surface area contributed by atoms with E-state index in [0.29, 0.717) is 21.0 Å². The maximum atomic E-state index is 12.8. The molecule has 0 bridgehead atoms. The van der Waals surface area contributed by atoms with E-state index in [2.05, 4.69) is 0 Å². The van der Waals surface area contributed by atoms with Crippen LogP contribution in [-0.4, -0.2) is 37.0 Å². The van der Waals surface area contributed by atoms with Crippen LogP contribution in [0.4, 0.5) is 5.00 Å². The molecule has 1 aromatic heterocycles. The van der Waals surface area contributed by atoms with Gasteiger partial charge in [-0.05, 0) is 23.8 Å². The number of carbonyl (C=O) groups is 2. The summed E-state index contributed by atoms with van der Waals surface area (Å²) in [6.07, 6.45) is 2.04. The van der Waals surface area contributed by atoms with Crippen molar-refractivity contribution < 1.29 is 14.3 Å². The average molecular weight is 310 g/mol. The SMILES string of the molecule is COC(=O)c1sc(N)c(C(=O)N2CCCC2)c1C(C)(C)C. The fourth-order valence-corrected chi connectivity index (χ4v) is 3.88. The molecule has 21 heavy (non-hydrogen) atoms. The highest BCUT2D eigenvalue weighted by molar-refractivity contribution is 7.18. The van der Waals surface area contributed by atoms with Crippen LogP contribution in [0.2, 0.25) is 0 Å². The highest BCUT2D eigenvalue weighted by Crippen LogP contribution is 2.40. The molecule has 5 nitrogen and oxygen atoms in total. The zero-order valence-electron chi connectivity index (χ0n) is 13.0. The molecule has 2 rings (SSSR count). The first-order valence-corrected chi connectivity index (χ1v) is 7.89. The number of hydrogen-bond acceptors (Lipinski definition) is 5. The van der Waals surface area contributed by atoms with Crippen LogP contribution in [0, 0.1) is 0 Å². The third-order valence-corrected chi connectivity index (χ3v) is 4.66. The number of ether oxygens (including phenoxy) is 1. The number of amides is 1. The number of carbonyl (C=O) groups excluding carboxylic acids is 2. The normalized spacial score (nSPS) is 15.3. The van der Waals surface area contributed by atoms with Crippen molar-refractivity contribution in [1.82, 2.24) is 4.90 Å². The fourth-order valence-electron chi connectivity index (χ4n) is 2.69. The highest BCUT2D eigenvalue weighted by atomic mass is 32.1. The van der Waals surface area contributed by atoms with Crippen molar-refractivity contribution >= 4 is 28.2 Å². The number of methoxy groups -OCH3 is 1. The number of anilines is 1. The lowest BCUT2D eigenvalue weighted by Gasteiger charge is -2.23. The minimum atomic E-state index is -0.433. The standard InChI is InChI=1S/C15H22N2O3S/c1-15(2,3)10-9(13(18)17-7-5-6-8-17)12(16)21-11(10)14(19)20-4/h5-8,16H2,1-4H3. The zero-order valence-corrected chi connectivity index (χ0v) is 13.8. The maximum Gasteiger partial charge on any atom is 0.348 e. The monoisotopic (exact) mass is 310 g/mol. The van der Waals surface area contributed by atoms with E-state index in [1.807, 2.05) is 25.7 Å². The van der Waals surface area contributed by atoms with Gasteiger partial charge in [0.2, 0.25) is 0 Å². The molecule has 1 fully saturated rings. The van der Waals surface area contributed by atoms with E-state index in [0.717, 1.165) is 37.3 Å². The molecule has 2 heterocycles. The van der Waals surface area contributed by atoms with E-state index in [4.69, 9.17) is 10.5 Å². The van der Waals surface area contributed by atoms with Crippen molar-refractivity contribution in [2.75, 3.05) is 25.9 Å². The van der Waals surface area contributed by atoms with Crippen molar-refractivity contribution in [1.29, 1.82) is 0 Å². The Labute approximate surface area is 129 Å². The Morgan fingerprint density at radius 2 is 1.81 bits per heavy atom. The van der Waals surface area contributed by atoms with Crippen molar-refractivity contribution in [3.05, 3.63) is 16.0 Å². The van der Waals surface area contributed by atoms with Gasteiger partial charge in [-0.15, -0.1) is 11.3 Å².